The molecule has 2 heterocycles. The van der Waals surface area contributed by atoms with Crippen molar-refractivity contribution in [3.05, 3.63) is 47.5 Å². The van der Waals surface area contributed by atoms with Crippen molar-refractivity contribution in [1.29, 1.82) is 0 Å². The Morgan fingerprint density at radius 1 is 1.16 bits per heavy atom. The van der Waals surface area contributed by atoms with Gasteiger partial charge in [0.05, 0.1) is 11.7 Å². The zero-order chi connectivity index (χ0) is 22.9. The predicted molar refractivity (Wildman–Crippen MR) is 119 cm³/mol. The number of halogens is 2. The summed E-state index contributed by atoms with van der Waals surface area (Å²) in [6, 6.07) is 6.78. The van der Waals surface area contributed by atoms with Gasteiger partial charge in [0.25, 0.3) is 0 Å². The molecule has 2 aromatic rings. The van der Waals surface area contributed by atoms with Gasteiger partial charge in [-0.1, -0.05) is 18.7 Å². The van der Waals surface area contributed by atoms with E-state index >= 15 is 0 Å². The number of carbonyl (C=O) groups is 2. The number of thioether (sulfide) groups is 1. The Labute approximate surface area is 190 Å². The topological polar surface area (TPSA) is 87.2 Å². The van der Waals surface area contributed by atoms with Crippen LogP contribution < -0.4 is 15.5 Å². The van der Waals surface area contributed by atoms with Crippen molar-refractivity contribution in [1.82, 2.24) is 20.8 Å². The lowest BCUT2D eigenvalue weighted by Gasteiger charge is -2.32. The molecule has 1 atom stereocenters. The number of benzene rings is 1. The van der Waals surface area contributed by atoms with Crippen LogP contribution in [0.4, 0.5) is 14.6 Å². The van der Waals surface area contributed by atoms with E-state index in [9.17, 15) is 18.4 Å². The van der Waals surface area contributed by atoms with Crippen molar-refractivity contribution < 1.29 is 18.4 Å². The van der Waals surface area contributed by atoms with Crippen molar-refractivity contribution in [3.63, 3.8) is 0 Å². The summed E-state index contributed by atoms with van der Waals surface area (Å²) in [6.07, 6.45) is 2.69. The molecule has 0 bridgehead atoms. The number of nitrogens with one attached hydrogen (secondary N) is 2. The SMILES string of the molecule is CCCNC(=O)C1CCCN(c2ccc(SCC(=O)NCc3cc(F)cc(F)c3)nn2)C1. The van der Waals surface area contributed by atoms with Gasteiger partial charge in [0.2, 0.25) is 11.8 Å². The number of hydrogen-bond donors (Lipinski definition) is 2. The van der Waals surface area contributed by atoms with Crippen LogP contribution in [-0.2, 0) is 16.1 Å². The van der Waals surface area contributed by atoms with Gasteiger partial charge in [-0.25, -0.2) is 8.78 Å². The molecule has 2 N–H and O–H groups in total. The number of piperidine rings is 1. The zero-order valence-corrected chi connectivity index (χ0v) is 18.8. The Morgan fingerprint density at radius 3 is 2.62 bits per heavy atom. The summed E-state index contributed by atoms with van der Waals surface area (Å²) in [4.78, 5) is 26.4. The highest BCUT2D eigenvalue weighted by Gasteiger charge is 2.26. The first-order valence-electron chi connectivity index (χ1n) is 10.7. The molecule has 2 amide bonds. The van der Waals surface area contributed by atoms with Gasteiger partial charge in [0.1, 0.15) is 16.7 Å². The number of carbonyl (C=O) groups excluding carboxylic acids is 2. The molecule has 172 valence electrons. The minimum atomic E-state index is -0.680. The quantitative estimate of drug-likeness (QED) is 0.556. The number of rotatable bonds is 9. The van der Waals surface area contributed by atoms with Crippen molar-refractivity contribution in [2.24, 2.45) is 5.92 Å². The monoisotopic (exact) mass is 463 g/mol. The molecular formula is C22H27F2N5O2S. The summed E-state index contributed by atoms with van der Waals surface area (Å²) in [5.74, 6) is -0.788. The second-order valence-corrected chi connectivity index (χ2v) is 8.64. The molecule has 0 saturated carbocycles. The third-order valence-electron chi connectivity index (χ3n) is 5.05. The lowest BCUT2D eigenvalue weighted by atomic mass is 9.97. The average Bonchev–Trinajstić information content (AvgIpc) is 2.79. The number of anilines is 1. The van der Waals surface area contributed by atoms with Crippen LogP contribution in [0.3, 0.4) is 0 Å². The van der Waals surface area contributed by atoms with Gasteiger partial charge < -0.3 is 15.5 Å². The summed E-state index contributed by atoms with van der Waals surface area (Å²) in [7, 11) is 0. The highest BCUT2D eigenvalue weighted by atomic mass is 32.2. The van der Waals surface area contributed by atoms with E-state index < -0.39 is 11.6 Å². The van der Waals surface area contributed by atoms with Crippen molar-refractivity contribution in [2.75, 3.05) is 30.3 Å². The first kappa shape index (κ1) is 23.9. The van der Waals surface area contributed by atoms with E-state index in [1.54, 1.807) is 6.07 Å². The van der Waals surface area contributed by atoms with Gasteiger partial charge in [-0.3, -0.25) is 9.59 Å². The third kappa shape index (κ3) is 7.15. The van der Waals surface area contributed by atoms with Crippen LogP contribution in [0, 0.1) is 17.6 Å². The molecule has 1 aliphatic rings. The molecule has 32 heavy (non-hydrogen) atoms. The summed E-state index contributed by atoms with van der Waals surface area (Å²) in [5.41, 5.74) is 0.355. The lowest BCUT2D eigenvalue weighted by Crippen LogP contribution is -2.43. The van der Waals surface area contributed by atoms with Gasteiger partial charge in [-0.05, 0) is 49.1 Å². The highest BCUT2D eigenvalue weighted by molar-refractivity contribution is 7.99. The van der Waals surface area contributed by atoms with E-state index in [1.165, 1.54) is 23.9 Å². The van der Waals surface area contributed by atoms with Gasteiger partial charge in [0.15, 0.2) is 5.82 Å². The van der Waals surface area contributed by atoms with Gasteiger partial charge in [0, 0.05) is 32.2 Å². The number of hydrogen-bond acceptors (Lipinski definition) is 6. The van der Waals surface area contributed by atoms with Crippen molar-refractivity contribution in [2.45, 2.75) is 37.8 Å². The van der Waals surface area contributed by atoms with Crippen LogP contribution >= 0.6 is 11.8 Å². The molecule has 0 radical (unpaired) electrons. The number of nitrogens with zero attached hydrogens (tertiary/aromatic N) is 3. The first-order chi connectivity index (χ1) is 15.4. The lowest BCUT2D eigenvalue weighted by molar-refractivity contribution is -0.125. The highest BCUT2D eigenvalue weighted by Crippen LogP contribution is 2.23. The van der Waals surface area contributed by atoms with E-state index in [1.807, 2.05) is 13.0 Å². The van der Waals surface area contributed by atoms with Gasteiger partial charge >= 0.3 is 0 Å². The second kappa shape index (κ2) is 11.8. The van der Waals surface area contributed by atoms with Crippen LogP contribution in [0.25, 0.3) is 0 Å². The minimum absolute atomic E-state index is 0.0423. The Bertz CT molecular complexity index is 909. The molecule has 1 aromatic heterocycles. The molecule has 1 saturated heterocycles. The Hall–Kier alpha value is -2.75. The molecule has 1 aromatic carbocycles. The summed E-state index contributed by atoms with van der Waals surface area (Å²) in [6.45, 7) is 4.19. The van der Waals surface area contributed by atoms with Crippen LogP contribution in [0.15, 0.2) is 35.4 Å². The molecule has 0 aliphatic carbocycles. The van der Waals surface area contributed by atoms with E-state index in [-0.39, 0.29) is 30.0 Å². The Morgan fingerprint density at radius 2 is 1.94 bits per heavy atom. The Kier molecular flexibility index (Phi) is 8.78. The van der Waals surface area contributed by atoms with Crippen LogP contribution in [0.2, 0.25) is 0 Å². The first-order valence-corrected chi connectivity index (χ1v) is 11.6. The van der Waals surface area contributed by atoms with Crippen molar-refractivity contribution >= 4 is 29.4 Å². The fourth-order valence-corrected chi connectivity index (χ4v) is 4.10. The maximum absolute atomic E-state index is 13.2. The summed E-state index contributed by atoms with van der Waals surface area (Å²) < 4.78 is 26.4. The number of amides is 2. The predicted octanol–water partition coefficient (Wildman–Crippen LogP) is 2.91. The molecule has 1 fully saturated rings. The van der Waals surface area contributed by atoms with E-state index in [0.717, 1.165) is 31.9 Å². The standard InChI is InChI=1S/C22H27F2N5O2S/c1-2-7-25-22(31)16-4-3-8-29(13-16)19-5-6-21(28-27-19)32-14-20(30)26-12-15-9-17(23)11-18(24)10-15/h5-6,9-11,16H,2-4,7-8,12-14H2,1H3,(H,25,31)(H,26,30). The largest absolute Gasteiger partial charge is 0.356 e. The van der Waals surface area contributed by atoms with Crippen LogP contribution in [-0.4, -0.2) is 47.4 Å². The summed E-state index contributed by atoms with van der Waals surface area (Å²) >= 11 is 1.22. The normalized spacial score (nSPS) is 16.0. The van der Waals surface area contributed by atoms with Crippen LogP contribution in [0.1, 0.15) is 31.7 Å². The van der Waals surface area contributed by atoms with Gasteiger partial charge in [-0.2, -0.15) is 0 Å². The molecule has 1 aliphatic heterocycles. The molecule has 1 unspecified atom stereocenters. The minimum Gasteiger partial charge on any atom is -0.356 e. The maximum atomic E-state index is 13.2. The molecule has 10 heteroatoms. The second-order valence-electron chi connectivity index (χ2n) is 7.65. The van der Waals surface area contributed by atoms with E-state index in [2.05, 4.69) is 25.7 Å². The molecule has 7 nitrogen and oxygen atoms in total. The molecule has 3 rings (SSSR count). The fourth-order valence-electron chi connectivity index (χ4n) is 3.45. The third-order valence-corrected chi connectivity index (χ3v) is 5.97. The van der Waals surface area contributed by atoms with E-state index in [4.69, 9.17) is 0 Å². The smallest absolute Gasteiger partial charge is 0.230 e. The Balaban J connectivity index is 1.46. The zero-order valence-electron chi connectivity index (χ0n) is 17.9. The molecular weight excluding hydrogens is 436 g/mol. The number of aromatic nitrogens is 2. The fraction of sp³-hybridized carbons (Fsp3) is 0.455. The van der Waals surface area contributed by atoms with Gasteiger partial charge in [-0.15, -0.1) is 10.2 Å². The average molecular weight is 464 g/mol. The van der Waals surface area contributed by atoms with Crippen LogP contribution in [0.5, 0.6) is 0 Å². The maximum Gasteiger partial charge on any atom is 0.230 e. The van der Waals surface area contributed by atoms with Crippen molar-refractivity contribution in [3.8, 4) is 0 Å². The summed E-state index contributed by atoms with van der Waals surface area (Å²) in [5, 5.41) is 14.6. The molecule has 0 spiro atoms. The van der Waals surface area contributed by atoms with E-state index in [0.29, 0.717) is 29.5 Å².